The zero-order valence-electron chi connectivity index (χ0n) is 15.5. The molecule has 1 aromatic carbocycles. The molecule has 27 heavy (non-hydrogen) atoms. The number of amides is 2. The summed E-state index contributed by atoms with van der Waals surface area (Å²) in [6.45, 7) is 6.48. The monoisotopic (exact) mass is 384 g/mol. The molecule has 0 atom stereocenters. The smallest absolute Gasteiger partial charge is 0.256 e. The number of benzene rings is 1. The van der Waals surface area contributed by atoms with Crippen molar-refractivity contribution in [3.8, 4) is 5.75 Å². The van der Waals surface area contributed by atoms with E-state index in [9.17, 15) is 9.59 Å². The van der Waals surface area contributed by atoms with E-state index in [2.05, 4.69) is 17.2 Å². The predicted octanol–water partition coefficient (Wildman–Crippen LogP) is 4.19. The maximum absolute atomic E-state index is 12.7. The Kier molecular flexibility index (Phi) is 6.29. The Labute approximate surface area is 163 Å². The molecule has 3 rings (SSSR count). The quantitative estimate of drug-likeness (QED) is 0.703. The minimum absolute atomic E-state index is 0.111. The normalized spacial score (nSPS) is 12.8. The van der Waals surface area contributed by atoms with Gasteiger partial charge in [-0.3, -0.25) is 9.59 Å². The summed E-state index contributed by atoms with van der Waals surface area (Å²) in [5.74, 6) is 0.343. The van der Waals surface area contributed by atoms with Gasteiger partial charge in [0.05, 0.1) is 5.56 Å². The second-order valence-corrected chi connectivity index (χ2v) is 7.46. The number of hydrogen-bond acceptors (Lipinski definition) is 4. The van der Waals surface area contributed by atoms with Crippen molar-refractivity contribution >= 4 is 28.2 Å². The number of carbonyl (C=O) groups is 2. The van der Waals surface area contributed by atoms with Gasteiger partial charge in [-0.15, -0.1) is 11.3 Å². The van der Waals surface area contributed by atoms with Gasteiger partial charge in [0.2, 0.25) is 0 Å². The lowest BCUT2D eigenvalue weighted by molar-refractivity contribution is 0.0956. The highest BCUT2D eigenvalue weighted by Crippen LogP contribution is 2.38. The molecule has 1 heterocycles. The van der Waals surface area contributed by atoms with Crippen LogP contribution in [0.5, 0.6) is 5.75 Å². The van der Waals surface area contributed by atoms with Crippen LogP contribution in [0, 0.1) is 0 Å². The Hall–Kier alpha value is -2.60. The van der Waals surface area contributed by atoms with E-state index >= 15 is 0 Å². The molecule has 2 N–H and O–H groups in total. The summed E-state index contributed by atoms with van der Waals surface area (Å²) >= 11 is 1.52. The number of anilines is 1. The van der Waals surface area contributed by atoms with Crippen molar-refractivity contribution in [2.24, 2.45) is 0 Å². The molecule has 1 aliphatic rings. The number of ether oxygens (including phenoxy) is 1. The van der Waals surface area contributed by atoms with E-state index in [0.717, 1.165) is 31.2 Å². The Morgan fingerprint density at radius 1 is 1.19 bits per heavy atom. The summed E-state index contributed by atoms with van der Waals surface area (Å²) < 4.78 is 5.44. The second-order valence-electron chi connectivity index (χ2n) is 6.35. The van der Waals surface area contributed by atoms with Gasteiger partial charge < -0.3 is 15.4 Å². The maximum Gasteiger partial charge on any atom is 0.256 e. The Morgan fingerprint density at radius 2 is 1.93 bits per heavy atom. The number of aryl methyl sites for hydroxylation is 1. The van der Waals surface area contributed by atoms with E-state index in [-0.39, 0.29) is 11.8 Å². The van der Waals surface area contributed by atoms with Crippen molar-refractivity contribution in [3.05, 3.63) is 58.5 Å². The number of rotatable bonds is 7. The number of thiophene rings is 1. The molecule has 0 aliphatic heterocycles. The highest BCUT2D eigenvalue weighted by atomic mass is 32.1. The highest BCUT2D eigenvalue weighted by Gasteiger charge is 2.26. The van der Waals surface area contributed by atoms with Crippen molar-refractivity contribution in [2.45, 2.75) is 32.6 Å². The van der Waals surface area contributed by atoms with E-state index in [1.54, 1.807) is 30.3 Å². The van der Waals surface area contributed by atoms with E-state index in [4.69, 9.17) is 4.74 Å². The van der Waals surface area contributed by atoms with Crippen molar-refractivity contribution in [1.29, 1.82) is 0 Å². The molecule has 2 aromatic rings. The Balaban J connectivity index is 1.82. The van der Waals surface area contributed by atoms with E-state index < -0.39 is 0 Å². The van der Waals surface area contributed by atoms with Gasteiger partial charge in [0.1, 0.15) is 17.4 Å². The summed E-state index contributed by atoms with van der Waals surface area (Å²) in [5, 5.41) is 6.46. The molecule has 0 saturated carbocycles. The summed E-state index contributed by atoms with van der Waals surface area (Å²) in [5.41, 5.74) is 2.26. The van der Waals surface area contributed by atoms with Gasteiger partial charge in [0.15, 0.2) is 0 Å². The van der Waals surface area contributed by atoms with Crippen LogP contribution in [0.25, 0.3) is 0 Å². The summed E-state index contributed by atoms with van der Waals surface area (Å²) in [6.07, 6.45) is 5.74. The first kappa shape index (κ1) is 19.2. The van der Waals surface area contributed by atoms with Gasteiger partial charge in [0, 0.05) is 17.0 Å². The van der Waals surface area contributed by atoms with Crippen LogP contribution in [-0.2, 0) is 12.8 Å². The van der Waals surface area contributed by atoms with Crippen LogP contribution in [0.15, 0.2) is 36.9 Å². The molecule has 0 saturated heterocycles. The molecule has 1 aromatic heterocycles. The molecule has 0 radical (unpaired) electrons. The number of carbonyl (C=O) groups excluding carboxylic acids is 2. The van der Waals surface area contributed by atoms with Crippen molar-refractivity contribution in [2.75, 3.05) is 18.5 Å². The number of hydrogen-bond donors (Lipinski definition) is 2. The fourth-order valence-corrected chi connectivity index (χ4v) is 4.46. The summed E-state index contributed by atoms with van der Waals surface area (Å²) in [4.78, 5) is 26.5. The molecule has 0 unspecified atom stereocenters. The number of fused-ring (bicyclic) bond motifs is 1. The van der Waals surface area contributed by atoms with Crippen LogP contribution in [0.4, 0.5) is 5.00 Å². The molecule has 1 aliphatic carbocycles. The van der Waals surface area contributed by atoms with Crippen molar-refractivity contribution in [3.63, 3.8) is 0 Å². The van der Waals surface area contributed by atoms with E-state index in [1.165, 1.54) is 16.2 Å². The standard InChI is InChI=1S/C21H24N2O3S/c1-3-13-26-15-11-9-14(10-12-15)19(24)23-21-18(20(25)22-4-2)16-7-5-6-8-17(16)27-21/h3,9-12H,1,4-8,13H2,2H3,(H,22,25)(H,23,24). The van der Waals surface area contributed by atoms with E-state index in [1.807, 2.05) is 6.92 Å². The lowest BCUT2D eigenvalue weighted by Gasteiger charge is -2.13. The zero-order chi connectivity index (χ0) is 19.2. The molecule has 142 valence electrons. The van der Waals surface area contributed by atoms with Crippen LogP contribution < -0.4 is 15.4 Å². The fourth-order valence-electron chi connectivity index (χ4n) is 3.18. The molecule has 0 fully saturated rings. The van der Waals surface area contributed by atoms with Gasteiger partial charge in [0.25, 0.3) is 11.8 Å². The van der Waals surface area contributed by atoms with Gasteiger partial charge >= 0.3 is 0 Å². The first-order valence-corrected chi connectivity index (χ1v) is 10.0. The van der Waals surface area contributed by atoms with Gasteiger partial charge in [-0.25, -0.2) is 0 Å². The lowest BCUT2D eigenvalue weighted by Crippen LogP contribution is -2.25. The van der Waals surface area contributed by atoms with Gasteiger partial charge in [-0.2, -0.15) is 0 Å². The molecule has 6 heteroatoms. The summed E-state index contributed by atoms with van der Waals surface area (Å²) in [6, 6.07) is 6.94. The Bertz CT molecular complexity index is 840. The minimum Gasteiger partial charge on any atom is -0.490 e. The zero-order valence-corrected chi connectivity index (χ0v) is 16.3. The molecule has 0 bridgehead atoms. The molecule has 0 spiro atoms. The Morgan fingerprint density at radius 3 is 2.63 bits per heavy atom. The third-order valence-corrected chi connectivity index (χ3v) is 5.65. The van der Waals surface area contributed by atoms with Crippen LogP contribution >= 0.6 is 11.3 Å². The average molecular weight is 385 g/mol. The predicted molar refractivity (Wildman–Crippen MR) is 109 cm³/mol. The third kappa shape index (κ3) is 4.39. The first-order valence-electron chi connectivity index (χ1n) is 9.21. The highest BCUT2D eigenvalue weighted by molar-refractivity contribution is 7.17. The first-order chi connectivity index (χ1) is 13.1. The van der Waals surface area contributed by atoms with E-state index in [0.29, 0.717) is 35.0 Å². The fraction of sp³-hybridized carbons (Fsp3) is 0.333. The molecular weight excluding hydrogens is 360 g/mol. The SMILES string of the molecule is C=CCOc1ccc(C(=O)Nc2sc3c(c2C(=O)NCC)CCCC3)cc1. The lowest BCUT2D eigenvalue weighted by atomic mass is 9.95. The third-order valence-electron chi connectivity index (χ3n) is 4.45. The van der Waals surface area contributed by atoms with Gasteiger partial charge in [-0.1, -0.05) is 12.7 Å². The topological polar surface area (TPSA) is 67.4 Å². The average Bonchev–Trinajstić information content (AvgIpc) is 3.04. The molecular formula is C21H24N2O3S. The van der Waals surface area contributed by atoms with Crippen LogP contribution in [0.1, 0.15) is 50.9 Å². The van der Waals surface area contributed by atoms with Crippen LogP contribution in [0.3, 0.4) is 0 Å². The number of nitrogens with one attached hydrogen (secondary N) is 2. The molecule has 2 amide bonds. The largest absolute Gasteiger partial charge is 0.490 e. The van der Waals surface area contributed by atoms with Gasteiger partial charge in [-0.05, 0) is 62.4 Å². The second kappa shape index (κ2) is 8.86. The van der Waals surface area contributed by atoms with Crippen molar-refractivity contribution in [1.82, 2.24) is 5.32 Å². The van der Waals surface area contributed by atoms with Crippen LogP contribution in [0.2, 0.25) is 0 Å². The van der Waals surface area contributed by atoms with Crippen LogP contribution in [-0.4, -0.2) is 25.0 Å². The maximum atomic E-state index is 12.7. The molecule has 5 nitrogen and oxygen atoms in total. The van der Waals surface area contributed by atoms with Crippen molar-refractivity contribution < 1.29 is 14.3 Å². The minimum atomic E-state index is -0.227. The summed E-state index contributed by atoms with van der Waals surface area (Å²) in [7, 11) is 0.